The molecule has 0 N–H and O–H groups in total. The third-order valence-electron chi connectivity index (χ3n) is 13.1. The van der Waals surface area contributed by atoms with Crippen LogP contribution in [0.3, 0.4) is 0 Å². The Labute approximate surface area is 362 Å². The number of benzene rings is 1. The van der Waals surface area contributed by atoms with Gasteiger partial charge >= 0.3 is 0 Å². The van der Waals surface area contributed by atoms with E-state index in [1.165, 1.54) is 258 Å². The second kappa shape index (κ2) is 32.6. The van der Waals surface area contributed by atoms with Crippen molar-refractivity contribution >= 4 is 50.6 Å². The fraction of sp³-hybridized carbons (Fsp3) is 0.788. The molecule has 0 saturated heterocycles. The fourth-order valence-electron chi connectivity index (χ4n) is 9.65. The van der Waals surface area contributed by atoms with Crippen molar-refractivity contribution in [1.29, 1.82) is 0 Å². The molecule has 1 aromatic carbocycles. The Morgan fingerprint density at radius 1 is 0.418 bits per heavy atom. The van der Waals surface area contributed by atoms with E-state index >= 15 is 0 Å². The van der Waals surface area contributed by atoms with Gasteiger partial charge in [-0.05, 0) is 46.9 Å². The molecule has 1 heterocycles. The van der Waals surface area contributed by atoms with Crippen LogP contribution in [-0.2, 0) is 5.41 Å². The normalized spacial score (nSPS) is 14.5. The minimum Gasteiger partial charge on any atom is -0.0654 e. The van der Waals surface area contributed by atoms with E-state index in [2.05, 4.69) is 76.1 Å². The summed E-state index contributed by atoms with van der Waals surface area (Å²) in [6, 6.07) is 7.19. The zero-order valence-corrected chi connectivity index (χ0v) is 40.7. The third-order valence-corrected chi connectivity index (χ3v) is 15.8. The van der Waals surface area contributed by atoms with Gasteiger partial charge in [-0.3, -0.25) is 0 Å². The molecule has 2 aliphatic rings. The number of hydrogen-bond donors (Lipinski definition) is 0. The smallest absolute Gasteiger partial charge is 0.0654 e. The molecule has 1 aliphatic heterocycles. The second-order valence-corrected chi connectivity index (χ2v) is 21.7. The van der Waals surface area contributed by atoms with Gasteiger partial charge in [-0.15, -0.1) is 0 Å². The summed E-state index contributed by atoms with van der Waals surface area (Å²) in [5.41, 5.74) is 4.92. The molecule has 3 heteroatoms. The van der Waals surface area contributed by atoms with Gasteiger partial charge in [0, 0.05) is 14.0 Å². The molecule has 0 atom stereocenters. The van der Waals surface area contributed by atoms with Crippen LogP contribution < -0.4 is 0 Å². The van der Waals surface area contributed by atoms with Crippen LogP contribution in [0.4, 0.5) is 0 Å². The standard InChI is InChI=1S/C52H87Br2Si/c1-3-5-7-9-11-13-15-17-19-21-23-25-27-29-31-33-35-37-43-52(49-45-46(53)39-40-47(49)48-41-42-50(54)55-51(48)52)44-38-36-34-32-30-28-26-24-22-20-18-16-14-12-10-8-6-4-2/h39-42,45H,3-38,43-44H2,1-2H3. The lowest BCUT2D eigenvalue weighted by molar-refractivity contribution is 0.399. The van der Waals surface area contributed by atoms with Gasteiger partial charge < -0.3 is 0 Å². The minimum absolute atomic E-state index is 0.223. The first-order valence-electron chi connectivity index (χ1n) is 24.6. The average molecular weight is 900 g/mol. The molecule has 0 bridgehead atoms. The lowest BCUT2D eigenvalue weighted by Gasteiger charge is -2.34. The minimum atomic E-state index is 0.223. The van der Waals surface area contributed by atoms with E-state index in [1.54, 1.807) is 16.3 Å². The topological polar surface area (TPSA) is 0 Å². The van der Waals surface area contributed by atoms with Crippen LogP contribution in [-0.4, -0.2) is 13.2 Å². The van der Waals surface area contributed by atoms with E-state index in [4.69, 9.17) is 0 Å². The van der Waals surface area contributed by atoms with Crippen molar-refractivity contribution in [1.82, 2.24) is 0 Å². The Bertz CT molecular complexity index is 1150. The molecule has 1 aliphatic carbocycles. The molecule has 0 spiro atoms. The quantitative estimate of drug-likeness (QED) is 0.0458. The summed E-state index contributed by atoms with van der Waals surface area (Å²) in [6.45, 7) is 4.63. The number of rotatable bonds is 38. The zero-order chi connectivity index (χ0) is 39.1. The Morgan fingerprint density at radius 3 is 1.09 bits per heavy atom. The van der Waals surface area contributed by atoms with Crippen molar-refractivity contribution in [3.05, 3.63) is 51.1 Å². The van der Waals surface area contributed by atoms with Crippen molar-refractivity contribution in [3.8, 4) is 0 Å². The molecule has 0 amide bonds. The fourth-order valence-corrected chi connectivity index (χ4v) is 12.1. The lowest BCUT2D eigenvalue weighted by atomic mass is 9.73. The van der Waals surface area contributed by atoms with Crippen LogP contribution in [0.1, 0.15) is 269 Å². The number of allylic oxidation sites excluding steroid dienone is 4. The van der Waals surface area contributed by atoms with Crippen molar-refractivity contribution in [3.63, 3.8) is 0 Å². The van der Waals surface area contributed by atoms with Crippen molar-refractivity contribution in [2.45, 2.75) is 263 Å². The summed E-state index contributed by atoms with van der Waals surface area (Å²) >= 11 is 7.84. The van der Waals surface area contributed by atoms with E-state index in [1.807, 2.05) is 0 Å². The zero-order valence-electron chi connectivity index (χ0n) is 36.5. The van der Waals surface area contributed by atoms with Gasteiger partial charge in [0.15, 0.2) is 0 Å². The molecular formula is C52H87Br2Si. The highest BCUT2D eigenvalue weighted by molar-refractivity contribution is 9.19. The highest BCUT2D eigenvalue weighted by Gasteiger charge is 2.43. The Kier molecular flexibility index (Phi) is 29.1. The number of fused-ring (bicyclic) bond motifs is 2. The summed E-state index contributed by atoms with van der Waals surface area (Å²) < 4.78 is 2.64. The maximum atomic E-state index is 3.95. The Morgan fingerprint density at radius 2 is 0.745 bits per heavy atom. The molecule has 0 unspecified atom stereocenters. The van der Waals surface area contributed by atoms with Gasteiger partial charge in [-0.25, -0.2) is 0 Å². The molecule has 0 aromatic heterocycles. The van der Waals surface area contributed by atoms with Crippen LogP contribution in [0.5, 0.6) is 0 Å². The van der Waals surface area contributed by atoms with Crippen molar-refractivity contribution in [2.75, 3.05) is 0 Å². The van der Waals surface area contributed by atoms with Gasteiger partial charge in [-0.2, -0.15) is 0 Å². The Balaban J connectivity index is 1.30. The summed E-state index contributed by atoms with van der Waals surface area (Å²) in [6.07, 6.45) is 59.4. The molecule has 1 aromatic rings. The molecule has 3 rings (SSSR count). The summed E-state index contributed by atoms with van der Waals surface area (Å²) in [4.78, 5) is 0. The predicted octanol–water partition coefficient (Wildman–Crippen LogP) is 19.1. The predicted molar refractivity (Wildman–Crippen MR) is 258 cm³/mol. The van der Waals surface area contributed by atoms with Gasteiger partial charge in [0.2, 0.25) is 0 Å². The monoisotopic (exact) mass is 897 g/mol. The number of unbranched alkanes of at least 4 members (excludes halogenated alkanes) is 34. The number of halogens is 2. The molecule has 0 saturated carbocycles. The van der Waals surface area contributed by atoms with Gasteiger partial charge in [0.05, 0.1) is 9.13 Å². The second-order valence-electron chi connectivity index (χ2n) is 17.9. The van der Waals surface area contributed by atoms with Crippen LogP contribution in [0, 0.1) is 0 Å². The van der Waals surface area contributed by atoms with Crippen LogP contribution in [0.2, 0.25) is 0 Å². The summed E-state index contributed by atoms with van der Waals surface area (Å²) in [5.74, 6) is 0. The van der Waals surface area contributed by atoms with Crippen molar-refractivity contribution in [2.24, 2.45) is 0 Å². The maximum absolute atomic E-state index is 3.95. The molecule has 0 fully saturated rings. The maximum Gasteiger partial charge on any atom is 0.0747 e. The first-order valence-corrected chi connectivity index (χ1v) is 27.2. The SMILES string of the molecule is CCCCCCCCCCCCCCCCCCCCC1(CCCCCCCCCCCCCCCCCCCC)C2=C(C=CC(Br)=[Si]2)c2ccc(Br)cc21. The van der Waals surface area contributed by atoms with Gasteiger partial charge in [0.1, 0.15) is 0 Å². The highest BCUT2D eigenvalue weighted by Crippen LogP contribution is 2.53. The van der Waals surface area contributed by atoms with Gasteiger partial charge in [0.25, 0.3) is 0 Å². The summed E-state index contributed by atoms with van der Waals surface area (Å²) in [7, 11) is 0.786. The molecular weight excluding hydrogens is 812 g/mol. The van der Waals surface area contributed by atoms with E-state index in [0.29, 0.717) is 0 Å². The van der Waals surface area contributed by atoms with Crippen LogP contribution in [0.25, 0.3) is 5.57 Å². The van der Waals surface area contributed by atoms with E-state index in [0.717, 1.165) is 9.13 Å². The van der Waals surface area contributed by atoms with E-state index in [9.17, 15) is 0 Å². The van der Waals surface area contributed by atoms with E-state index < -0.39 is 0 Å². The molecule has 55 heavy (non-hydrogen) atoms. The van der Waals surface area contributed by atoms with E-state index in [-0.39, 0.29) is 5.41 Å². The molecule has 313 valence electrons. The summed E-state index contributed by atoms with van der Waals surface area (Å²) in [5, 5.41) is 1.74. The average Bonchev–Trinajstić information content (AvgIpc) is 3.44. The first kappa shape index (κ1) is 49.1. The van der Waals surface area contributed by atoms with Gasteiger partial charge in [-0.1, -0.05) is 295 Å². The van der Waals surface area contributed by atoms with Crippen LogP contribution in [0.15, 0.2) is 40.0 Å². The molecule has 1 radical (unpaired) electrons. The largest absolute Gasteiger partial charge is 0.0747 e. The molecule has 0 nitrogen and oxygen atoms in total. The number of hydrogen-bond acceptors (Lipinski definition) is 0. The van der Waals surface area contributed by atoms with Crippen molar-refractivity contribution < 1.29 is 0 Å². The third kappa shape index (κ3) is 20.5. The highest BCUT2D eigenvalue weighted by atomic mass is 79.9. The first-order chi connectivity index (χ1) is 27.1. The Hall–Kier alpha value is -0.253. The van der Waals surface area contributed by atoms with Crippen LogP contribution >= 0.6 is 31.9 Å². The lowest BCUT2D eigenvalue weighted by Crippen LogP contribution is -2.29.